The van der Waals surface area contributed by atoms with Crippen molar-refractivity contribution in [2.45, 2.75) is 39.0 Å². The molecule has 0 unspecified atom stereocenters. The molecule has 3 aromatic rings. The van der Waals surface area contributed by atoms with Crippen LogP contribution in [0.2, 0.25) is 0 Å². The lowest BCUT2D eigenvalue weighted by Gasteiger charge is -2.37. The summed E-state index contributed by atoms with van der Waals surface area (Å²) in [5.74, 6) is 1.91. The molecule has 2 aliphatic rings. The van der Waals surface area contributed by atoms with Gasteiger partial charge in [0, 0.05) is 44.4 Å². The summed E-state index contributed by atoms with van der Waals surface area (Å²) in [7, 11) is 0. The average Bonchev–Trinajstić information content (AvgIpc) is 2.81. The molecule has 31 heavy (non-hydrogen) atoms. The zero-order valence-electron chi connectivity index (χ0n) is 18.0. The highest BCUT2D eigenvalue weighted by atomic mass is 19.1. The van der Waals surface area contributed by atoms with Gasteiger partial charge in [0.25, 0.3) is 0 Å². The minimum Gasteiger partial charge on any atom is -0.353 e. The summed E-state index contributed by atoms with van der Waals surface area (Å²) >= 11 is 0. The smallest absolute Gasteiger partial charge is 0.154 e. The van der Waals surface area contributed by atoms with Gasteiger partial charge in [0.2, 0.25) is 0 Å². The van der Waals surface area contributed by atoms with E-state index in [1.807, 2.05) is 18.3 Å². The van der Waals surface area contributed by atoms with E-state index in [2.05, 4.69) is 38.9 Å². The van der Waals surface area contributed by atoms with Crippen molar-refractivity contribution in [3.8, 4) is 0 Å². The van der Waals surface area contributed by atoms with E-state index in [0.717, 1.165) is 61.9 Å². The summed E-state index contributed by atoms with van der Waals surface area (Å²) in [5.41, 5.74) is 6.05. The first kappa shape index (κ1) is 19.9. The van der Waals surface area contributed by atoms with E-state index in [-0.39, 0.29) is 5.82 Å². The zero-order valence-corrected chi connectivity index (χ0v) is 18.0. The van der Waals surface area contributed by atoms with Crippen molar-refractivity contribution in [3.63, 3.8) is 0 Å². The van der Waals surface area contributed by atoms with Gasteiger partial charge in [0.15, 0.2) is 5.82 Å². The third-order valence-electron chi connectivity index (χ3n) is 6.44. The number of anilines is 2. The topological polar surface area (TPSA) is 45.2 Å². The van der Waals surface area contributed by atoms with Crippen LogP contribution < -0.4 is 9.80 Å². The van der Waals surface area contributed by atoms with Crippen LogP contribution in [0.4, 0.5) is 16.0 Å². The molecule has 3 heterocycles. The first-order valence-electron chi connectivity index (χ1n) is 11.2. The van der Waals surface area contributed by atoms with Gasteiger partial charge in [-0.05, 0) is 67.5 Å². The van der Waals surface area contributed by atoms with Gasteiger partial charge < -0.3 is 9.80 Å². The number of piperazine rings is 1. The second-order valence-electron chi connectivity index (χ2n) is 8.61. The maximum atomic E-state index is 13.3. The summed E-state index contributed by atoms with van der Waals surface area (Å²) in [5, 5.41) is 9.37. The van der Waals surface area contributed by atoms with Gasteiger partial charge in [-0.1, -0.05) is 18.2 Å². The van der Waals surface area contributed by atoms with Gasteiger partial charge >= 0.3 is 0 Å². The molecule has 5 nitrogen and oxygen atoms in total. The van der Waals surface area contributed by atoms with E-state index >= 15 is 0 Å². The highest BCUT2D eigenvalue weighted by Crippen LogP contribution is 2.32. The third-order valence-corrected chi connectivity index (χ3v) is 6.44. The first-order chi connectivity index (χ1) is 15.2. The molecular formula is C25H28FN5. The zero-order chi connectivity index (χ0) is 21.2. The van der Waals surface area contributed by atoms with Gasteiger partial charge in [-0.3, -0.25) is 0 Å². The molecule has 1 aromatic carbocycles. The minimum absolute atomic E-state index is 0.202. The molecule has 0 atom stereocenters. The quantitative estimate of drug-likeness (QED) is 0.639. The molecule has 0 amide bonds. The predicted octanol–water partition coefficient (Wildman–Crippen LogP) is 4.12. The van der Waals surface area contributed by atoms with E-state index < -0.39 is 0 Å². The Balaban J connectivity index is 1.35. The molecule has 6 heteroatoms. The van der Waals surface area contributed by atoms with Crippen LogP contribution in [0.1, 0.15) is 40.8 Å². The SMILES string of the molecule is Cc1ccc(N2CCN(c3nnc(Cc4ccc(F)cc4)c4c3CCCC4)CC2)nc1. The Morgan fingerprint density at radius 1 is 0.839 bits per heavy atom. The molecule has 5 rings (SSSR count). The van der Waals surface area contributed by atoms with Gasteiger partial charge in [0.05, 0.1) is 5.69 Å². The van der Waals surface area contributed by atoms with E-state index in [4.69, 9.17) is 5.10 Å². The number of rotatable bonds is 4. The fourth-order valence-corrected chi connectivity index (χ4v) is 4.69. The molecule has 1 saturated heterocycles. The fourth-order valence-electron chi connectivity index (χ4n) is 4.69. The molecule has 0 N–H and O–H groups in total. The summed E-state index contributed by atoms with van der Waals surface area (Å²) < 4.78 is 13.3. The monoisotopic (exact) mass is 417 g/mol. The number of halogens is 1. The summed E-state index contributed by atoms with van der Waals surface area (Å²) in [6, 6.07) is 11.0. The molecule has 0 bridgehead atoms. The Labute approximate surface area is 182 Å². The molecule has 1 aliphatic carbocycles. The highest BCUT2D eigenvalue weighted by molar-refractivity contribution is 5.54. The van der Waals surface area contributed by atoms with E-state index in [1.165, 1.54) is 41.7 Å². The van der Waals surface area contributed by atoms with Crippen LogP contribution in [0.5, 0.6) is 0 Å². The maximum absolute atomic E-state index is 13.3. The lowest BCUT2D eigenvalue weighted by Crippen LogP contribution is -2.47. The van der Waals surface area contributed by atoms with Crippen molar-refractivity contribution in [1.82, 2.24) is 15.2 Å². The number of aromatic nitrogens is 3. The summed E-state index contributed by atoms with van der Waals surface area (Å²) in [6.45, 7) is 5.78. The normalized spacial score (nSPS) is 16.3. The van der Waals surface area contributed by atoms with Crippen molar-refractivity contribution in [3.05, 3.63) is 76.4 Å². The van der Waals surface area contributed by atoms with Gasteiger partial charge in [-0.25, -0.2) is 9.37 Å². The number of pyridine rings is 1. The Morgan fingerprint density at radius 2 is 1.55 bits per heavy atom. The molecule has 0 saturated carbocycles. The number of hydrogen-bond acceptors (Lipinski definition) is 5. The fraction of sp³-hybridized carbons (Fsp3) is 0.400. The number of hydrogen-bond donors (Lipinski definition) is 0. The van der Waals surface area contributed by atoms with Crippen molar-refractivity contribution in [2.75, 3.05) is 36.0 Å². The van der Waals surface area contributed by atoms with Crippen LogP contribution in [0.25, 0.3) is 0 Å². The van der Waals surface area contributed by atoms with Crippen molar-refractivity contribution in [1.29, 1.82) is 0 Å². The molecule has 160 valence electrons. The second kappa shape index (κ2) is 8.61. The van der Waals surface area contributed by atoms with Crippen LogP contribution in [0.15, 0.2) is 42.6 Å². The molecular weight excluding hydrogens is 389 g/mol. The Morgan fingerprint density at radius 3 is 2.26 bits per heavy atom. The first-order valence-corrected chi connectivity index (χ1v) is 11.2. The van der Waals surface area contributed by atoms with Crippen LogP contribution >= 0.6 is 0 Å². The highest BCUT2D eigenvalue weighted by Gasteiger charge is 2.26. The largest absolute Gasteiger partial charge is 0.353 e. The van der Waals surface area contributed by atoms with Crippen LogP contribution in [0.3, 0.4) is 0 Å². The van der Waals surface area contributed by atoms with Gasteiger partial charge in [0.1, 0.15) is 11.6 Å². The van der Waals surface area contributed by atoms with Crippen LogP contribution in [-0.2, 0) is 19.3 Å². The lowest BCUT2D eigenvalue weighted by atomic mass is 9.89. The van der Waals surface area contributed by atoms with Crippen molar-refractivity contribution < 1.29 is 4.39 Å². The Hall–Kier alpha value is -3.02. The van der Waals surface area contributed by atoms with Crippen molar-refractivity contribution >= 4 is 11.6 Å². The van der Waals surface area contributed by atoms with E-state index in [0.29, 0.717) is 6.42 Å². The minimum atomic E-state index is -0.202. The molecule has 1 aliphatic heterocycles. The summed E-state index contributed by atoms with van der Waals surface area (Å²) in [6.07, 6.45) is 7.17. The predicted molar refractivity (Wildman–Crippen MR) is 121 cm³/mol. The summed E-state index contributed by atoms with van der Waals surface area (Å²) in [4.78, 5) is 9.32. The standard InChI is InChI=1S/C25H28FN5/c1-18-6-11-24(27-17-18)30-12-14-31(15-13-30)25-22-5-3-2-4-21(22)23(28-29-25)16-19-7-9-20(26)10-8-19/h6-11,17H,2-5,12-16H2,1H3. The number of aryl methyl sites for hydroxylation is 1. The van der Waals surface area contributed by atoms with Gasteiger partial charge in [-0.15, -0.1) is 5.10 Å². The average molecular weight is 418 g/mol. The molecule has 0 radical (unpaired) electrons. The van der Waals surface area contributed by atoms with E-state index in [9.17, 15) is 4.39 Å². The van der Waals surface area contributed by atoms with Crippen LogP contribution in [-0.4, -0.2) is 41.4 Å². The lowest BCUT2D eigenvalue weighted by molar-refractivity contribution is 0.615. The molecule has 1 fully saturated rings. The Kier molecular flexibility index (Phi) is 5.53. The molecule has 0 spiro atoms. The maximum Gasteiger partial charge on any atom is 0.154 e. The van der Waals surface area contributed by atoms with E-state index in [1.54, 1.807) is 0 Å². The third kappa shape index (κ3) is 4.24. The molecule has 2 aromatic heterocycles. The van der Waals surface area contributed by atoms with Crippen molar-refractivity contribution in [2.24, 2.45) is 0 Å². The Bertz CT molecular complexity index is 1040. The second-order valence-corrected chi connectivity index (χ2v) is 8.61. The van der Waals surface area contributed by atoms with Crippen LogP contribution in [0, 0.1) is 12.7 Å². The number of benzene rings is 1. The van der Waals surface area contributed by atoms with Gasteiger partial charge in [-0.2, -0.15) is 5.10 Å². The number of nitrogens with zero attached hydrogens (tertiary/aromatic N) is 5. The number of fused-ring (bicyclic) bond motifs is 1.